The second-order valence-corrected chi connectivity index (χ2v) is 8.26. The summed E-state index contributed by atoms with van der Waals surface area (Å²) in [6.45, 7) is 15.1. The lowest BCUT2D eigenvalue weighted by Crippen LogP contribution is -2.11. The fourth-order valence-electron chi connectivity index (χ4n) is 2.19. The monoisotopic (exact) mass is 322 g/mol. The van der Waals surface area contributed by atoms with Gasteiger partial charge in [-0.15, -0.1) is 0 Å². The van der Waals surface area contributed by atoms with Gasteiger partial charge in [0.2, 0.25) is 0 Å². The molecule has 0 aliphatic carbocycles. The van der Waals surface area contributed by atoms with E-state index < -0.39 is 0 Å². The zero-order chi connectivity index (χ0) is 18.5. The second kappa shape index (κ2) is 7.53. The molecule has 0 aliphatic rings. The van der Waals surface area contributed by atoms with Crippen molar-refractivity contribution in [3.05, 3.63) is 64.7 Å². The number of nitrogens with two attached hydrogens (primary N) is 1. The van der Waals surface area contributed by atoms with Crippen molar-refractivity contribution in [2.45, 2.75) is 59.3 Å². The quantitative estimate of drug-likeness (QED) is 0.630. The highest BCUT2D eigenvalue weighted by atomic mass is 14.5. The zero-order valence-electron chi connectivity index (χ0n) is 16.1. The molecule has 0 fully saturated rings. The minimum atomic E-state index is 0.175. The van der Waals surface area contributed by atoms with Crippen LogP contribution >= 0.6 is 0 Å². The number of benzene rings is 2. The topological polar surface area (TPSA) is 49.8 Å². The van der Waals surface area contributed by atoms with Gasteiger partial charge in [0.05, 0.1) is 11.6 Å². The maximum absolute atomic E-state index is 8.58. The highest BCUT2D eigenvalue weighted by molar-refractivity contribution is 5.48. The first-order valence-electron chi connectivity index (χ1n) is 8.32. The Morgan fingerprint density at radius 2 is 1.25 bits per heavy atom. The molecule has 128 valence electrons. The average molecular weight is 322 g/mol. The maximum atomic E-state index is 8.58. The lowest BCUT2D eigenvalue weighted by molar-refractivity contribution is 0.589. The zero-order valence-corrected chi connectivity index (χ0v) is 16.1. The molecule has 0 saturated heterocycles. The summed E-state index contributed by atoms with van der Waals surface area (Å²) in [5, 5.41) is 8.58. The minimum Gasteiger partial charge on any atom is -0.399 e. The van der Waals surface area contributed by atoms with E-state index in [-0.39, 0.29) is 10.8 Å². The van der Waals surface area contributed by atoms with Crippen LogP contribution < -0.4 is 5.73 Å². The number of nitrogen functional groups attached to an aromatic ring is 1. The molecule has 0 amide bonds. The van der Waals surface area contributed by atoms with Crippen molar-refractivity contribution in [3.63, 3.8) is 0 Å². The van der Waals surface area contributed by atoms with E-state index in [1.165, 1.54) is 16.7 Å². The Bertz CT molecular complexity index is 706. The summed E-state index contributed by atoms with van der Waals surface area (Å²) < 4.78 is 0. The van der Waals surface area contributed by atoms with Crippen LogP contribution in [0.25, 0.3) is 0 Å². The van der Waals surface area contributed by atoms with Gasteiger partial charge in [-0.1, -0.05) is 65.8 Å². The molecular formula is C22H30N2. The minimum absolute atomic E-state index is 0.175. The average Bonchev–Trinajstić information content (AvgIpc) is 2.49. The molecule has 0 heterocycles. The van der Waals surface area contributed by atoms with E-state index in [4.69, 9.17) is 11.0 Å². The van der Waals surface area contributed by atoms with Gasteiger partial charge in [0.15, 0.2) is 0 Å². The van der Waals surface area contributed by atoms with Crippen molar-refractivity contribution in [1.82, 2.24) is 0 Å². The molecule has 0 spiro atoms. The first-order valence-corrected chi connectivity index (χ1v) is 8.32. The van der Waals surface area contributed by atoms with Crippen LogP contribution in [0.1, 0.15) is 63.8 Å². The molecule has 2 rings (SSSR count). The predicted octanol–water partition coefficient (Wildman–Crippen LogP) is 5.73. The standard InChI is InChI=1S/C11H17N.C11H13N/c1-8-7-9(11(2,3)4)5-6-10(8)12;1-11(2,3)10-6-4-9(8-12)5-7-10/h5-7H,12H2,1-4H3;4-7H,1-3H3. The Morgan fingerprint density at radius 3 is 1.62 bits per heavy atom. The van der Waals surface area contributed by atoms with E-state index in [0.29, 0.717) is 0 Å². The molecule has 2 aromatic rings. The Hall–Kier alpha value is -2.27. The molecule has 2 N–H and O–H groups in total. The van der Waals surface area contributed by atoms with Crippen molar-refractivity contribution in [1.29, 1.82) is 5.26 Å². The van der Waals surface area contributed by atoms with Gasteiger partial charge >= 0.3 is 0 Å². The number of nitrogens with zero attached hydrogens (tertiary/aromatic N) is 1. The third-order valence-corrected chi connectivity index (χ3v) is 4.02. The molecule has 0 radical (unpaired) electrons. The van der Waals surface area contributed by atoms with Gasteiger partial charge < -0.3 is 5.73 Å². The maximum Gasteiger partial charge on any atom is 0.0991 e. The summed E-state index contributed by atoms with van der Waals surface area (Å²) in [5.74, 6) is 0. The van der Waals surface area contributed by atoms with Crippen LogP contribution in [0, 0.1) is 18.3 Å². The molecule has 24 heavy (non-hydrogen) atoms. The Labute approximate surface area is 147 Å². The normalized spacial score (nSPS) is 11.2. The van der Waals surface area contributed by atoms with Gasteiger partial charge in [-0.25, -0.2) is 0 Å². The molecule has 0 aromatic heterocycles. The van der Waals surface area contributed by atoms with Gasteiger partial charge in [-0.05, 0) is 52.6 Å². The summed E-state index contributed by atoms with van der Waals surface area (Å²) >= 11 is 0. The Balaban J connectivity index is 0.000000240. The van der Waals surface area contributed by atoms with E-state index in [2.05, 4.69) is 59.7 Å². The van der Waals surface area contributed by atoms with Gasteiger partial charge in [0, 0.05) is 5.69 Å². The first-order chi connectivity index (χ1) is 10.9. The molecule has 2 aromatic carbocycles. The number of rotatable bonds is 0. The van der Waals surface area contributed by atoms with Crippen LogP contribution in [0.2, 0.25) is 0 Å². The predicted molar refractivity (Wildman–Crippen MR) is 104 cm³/mol. The van der Waals surface area contributed by atoms with Gasteiger partial charge in [-0.2, -0.15) is 5.26 Å². The van der Waals surface area contributed by atoms with Gasteiger partial charge in [0.25, 0.3) is 0 Å². The van der Waals surface area contributed by atoms with E-state index in [1.54, 1.807) is 0 Å². The van der Waals surface area contributed by atoms with Crippen molar-refractivity contribution in [2.24, 2.45) is 0 Å². The van der Waals surface area contributed by atoms with Crippen LogP contribution in [0.5, 0.6) is 0 Å². The summed E-state index contributed by atoms with van der Waals surface area (Å²) in [5.41, 5.74) is 11.5. The molecular weight excluding hydrogens is 292 g/mol. The van der Waals surface area contributed by atoms with E-state index in [9.17, 15) is 0 Å². The number of nitriles is 1. The van der Waals surface area contributed by atoms with Crippen molar-refractivity contribution in [2.75, 3.05) is 5.73 Å². The SMILES string of the molecule is CC(C)(C)c1ccc(C#N)cc1.Cc1cc(C(C)(C)C)ccc1N. The van der Waals surface area contributed by atoms with Crippen molar-refractivity contribution in [3.8, 4) is 6.07 Å². The second-order valence-electron chi connectivity index (χ2n) is 8.26. The Kier molecular flexibility index (Phi) is 6.21. The summed E-state index contributed by atoms with van der Waals surface area (Å²) in [7, 11) is 0. The fraction of sp³-hybridized carbons (Fsp3) is 0.409. The largest absolute Gasteiger partial charge is 0.399 e. The van der Waals surface area contributed by atoms with E-state index in [0.717, 1.165) is 11.3 Å². The van der Waals surface area contributed by atoms with Gasteiger partial charge in [-0.3, -0.25) is 0 Å². The Morgan fingerprint density at radius 1 is 0.792 bits per heavy atom. The highest BCUT2D eigenvalue weighted by Crippen LogP contribution is 2.25. The van der Waals surface area contributed by atoms with Crippen LogP contribution in [0.3, 0.4) is 0 Å². The fourth-order valence-corrected chi connectivity index (χ4v) is 2.19. The van der Waals surface area contributed by atoms with Crippen LogP contribution in [0.4, 0.5) is 5.69 Å². The lowest BCUT2D eigenvalue weighted by atomic mass is 9.86. The molecule has 2 heteroatoms. The molecule has 0 bridgehead atoms. The summed E-state index contributed by atoms with van der Waals surface area (Å²) in [4.78, 5) is 0. The summed E-state index contributed by atoms with van der Waals surface area (Å²) in [6, 6.07) is 16.1. The van der Waals surface area contributed by atoms with E-state index in [1.807, 2.05) is 37.3 Å². The smallest absolute Gasteiger partial charge is 0.0991 e. The number of anilines is 1. The van der Waals surface area contributed by atoms with Crippen LogP contribution in [0.15, 0.2) is 42.5 Å². The van der Waals surface area contributed by atoms with E-state index >= 15 is 0 Å². The molecule has 0 atom stereocenters. The number of hydrogen-bond acceptors (Lipinski definition) is 2. The van der Waals surface area contributed by atoms with Crippen LogP contribution in [-0.4, -0.2) is 0 Å². The molecule has 0 saturated carbocycles. The van der Waals surface area contributed by atoms with Crippen molar-refractivity contribution >= 4 is 5.69 Å². The molecule has 0 unspecified atom stereocenters. The highest BCUT2D eigenvalue weighted by Gasteiger charge is 2.13. The van der Waals surface area contributed by atoms with Gasteiger partial charge in [0.1, 0.15) is 0 Å². The third kappa shape index (κ3) is 5.74. The first kappa shape index (κ1) is 19.8. The van der Waals surface area contributed by atoms with Crippen LogP contribution in [-0.2, 0) is 10.8 Å². The number of hydrogen-bond donors (Lipinski definition) is 1. The molecule has 2 nitrogen and oxygen atoms in total. The lowest BCUT2D eigenvalue weighted by Gasteiger charge is -2.19. The number of aryl methyl sites for hydroxylation is 1. The third-order valence-electron chi connectivity index (χ3n) is 4.02. The summed E-state index contributed by atoms with van der Waals surface area (Å²) in [6.07, 6.45) is 0. The molecule has 0 aliphatic heterocycles. The van der Waals surface area contributed by atoms with Crippen molar-refractivity contribution < 1.29 is 0 Å².